The van der Waals surface area contributed by atoms with Crippen LogP contribution in [0.2, 0.25) is 0 Å². The number of nitrogens with one attached hydrogen (secondary N) is 1. The molecule has 2 aromatic heterocycles. The number of carbonyl (C=O) groups excluding carboxylic acids is 1. The van der Waals surface area contributed by atoms with Gasteiger partial charge in [-0.2, -0.15) is 23.4 Å². The quantitative estimate of drug-likeness (QED) is 0.263. The minimum atomic E-state index is -4.68. The van der Waals surface area contributed by atoms with E-state index in [1.54, 1.807) is 55.9 Å². The molecule has 1 aliphatic rings. The third kappa shape index (κ3) is 6.06. The van der Waals surface area contributed by atoms with E-state index in [4.69, 9.17) is 9.47 Å². The summed E-state index contributed by atoms with van der Waals surface area (Å²) < 4.78 is 55.5. The lowest BCUT2D eigenvalue weighted by molar-refractivity contribution is -0.138. The van der Waals surface area contributed by atoms with E-state index in [9.17, 15) is 23.2 Å². The van der Waals surface area contributed by atoms with E-state index in [0.29, 0.717) is 41.2 Å². The highest BCUT2D eigenvalue weighted by Gasteiger charge is 2.41. The van der Waals surface area contributed by atoms with Gasteiger partial charge in [-0.15, -0.1) is 10.2 Å². The van der Waals surface area contributed by atoms with Gasteiger partial charge in [0.25, 0.3) is 5.91 Å². The number of hydrogen-bond donors (Lipinski definition) is 1. The molecule has 0 atom stereocenters. The van der Waals surface area contributed by atoms with Crippen molar-refractivity contribution in [3.63, 3.8) is 0 Å². The summed E-state index contributed by atoms with van der Waals surface area (Å²) in [6, 6.07) is 12.9. The summed E-state index contributed by atoms with van der Waals surface area (Å²) in [5.41, 5.74) is 1.39. The molecule has 0 bridgehead atoms. The van der Waals surface area contributed by atoms with Gasteiger partial charge in [0.1, 0.15) is 12.1 Å². The number of carbonyl (C=O) groups is 1. The Morgan fingerprint density at radius 3 is 2.60 bits per heavy atom. The van der Waals surface area contributed by atoms with E-state index < -0.39 is 17.6 Å². The number of pyridine rings is 1. The number of aryl methyl sites for hydroxylation is 1. The van der Waals surface area contributed by atoms with Gasteiger partial charge in [0.2, 0.25) is 5.88 Å². The first-order valence-electron chi connectivity index (χ1n) is 13.5. The summed E-state index contributed by atoms with van der Waals surface area (Å²) in [6.45, 7) is 2.48. The molecule has 0 fully saturated rings. The Morgan fingerprint density at radius 2 is 1.93 bits per heavy atom. The highest BCUT2D eigenvalue weighted by atomic mass is 19.4. The van der Waals surface area contributed by atoms with Crippen molar-refractivity contribution in [2.45, 2.75) is 26.3 Å². The maximum atomic E-state index is 14.2. The van der Waals surface area contributed by atoms with Crippen LogP contribution >= 0.6 is 0 Å². The van der Waals surface area contributed by atoms with Crippen LogP contribution < -0.4 is 15.0 Å². The topological polar surface area (TPSA) is 118 Å². The maximum Gasteiger partial charge on any atom is 0.416 e. The van der Waals surface area contributed by atoms with Crippen LogP contribution in [0.5, 0.6) is 5.88 Å². The Kier molecular flexibility index (Phi) is 8.43. The van der Waals surface area contributed by atoms with Crippen LogP contribution in [0.25, 0.3) is 22.5 Å². The predicted octanol–water partition coefficient (Wildman–Crippen LogP) is 4.73. The van der Waals surface area contributed by atoms with Crippen molar-refractivity contribution in [3.8, 4) is 34.5 Å². The average molecular weight is 592 g/mol. The number of nitrogens with zero attached hydrogens (tertiary/aromatic N) is 6. The van der Waals surface area contributed by atoms with E-state index >= 15 is 0 Å². The summed E-state index contributed by atoms with van der Waals surface area (Å²) >= 11 is 0. The number of alkyl halides is 3. The number of ether oxygens (including phenoxy) is 2. The van der Waals surface area contributed by atoms with E-state index in [-0.39, 0.29) is 48.1 Å². The summed E-state index contributed by atoms with van der Waals surface area (Å²) in [5, 5.41) is 20.6. The van der Waals surface area contributed by atoms with Gasteiger partial charge < -0.3 is 19.4 Å². The molecule has 43 heavy (non-hydrogen) atoms. The number of halogens is 3. The van der Waals surface area contributed by atoms with Gasteiger partial charge in [-0.3, -0.25) is 9.69 Å². The van der Waals surface area contributed by atoms with Crippen molar-refractivity contribution in [2.75, 3.05) is 31.7 Å². The summed E-state index contributed by atoms with van der Waals surface area (Å²) in [6.07, 6.45) is -3.15. The van der Waals surface area contributed by atoms with Crippen LogP contribution in [0, 0.1) is 11.3 Å². The number of likely N-dealkylation sites (N-methyl/N-ethyl adjacent to an activating group) is 1. The summed E-state index contributed by atoms with van der Waals surface area (Å²) in [7, 11) is 3.51. The minimum absolute atomic E-state index is 0.0506. The maximum absolute atomic E-state index is 14.2. The number of nitriles is 1. The van der Waals surface area contributed by atoms with Gasteiger partial charge in [-0.25, -0.2) is 0 Å². The van der Waals surface area contributed by atoms with Crippen LogP contribution in [-0.2, 0) is 31.1 Å². The zero-order chi connectivity index (χ0) is 30.7. The van der Waals surface area contributed by atoms with Crippen LogP contribution in [0.15, 0.2) is 48.8 Å². The van der Waals surface area contributed by atoms with Crippen LogP contribution in [-0.4, -0.2) is 52.5 Å². The Balaban J connectivity index is 1.59. The molecule has 1 aliphatic heterocycles. The van der Waals surface area contributed by atoms with E-state index in [0.717, 1.165) is 6.07 Å². The lowest BCUT2D eigenvalue weighted by Crippen LogP contribution is -2.24. The van der Waals surface area contributed by atoms with Gasteiger partial charge in [0.15, 0.2) is 5.82 Å². The second-order valence-corrected chi connectivity index (χ2v) is 9.84. The number of rotatable bonds is 10. The first kappa shape index (κ1) is 29.7. The van der Waals surface area contributed by atoms with Crippen molar-refractivity contribution >= 4 is 11.7 Å². The summed E-state index contributed by atoms with van der Waals surface area (Å²) in [4.78, 5) is 19.4. The molecule has 0 spiro atoms. The second kappa shape index (κ2) is 12.2. The van der Waals surface area contributed by atoms with Crippen LogP contribution in [0.3, 0.4) is 0 Å². The van der Waals surface area contributed by atoms with Gasteiger partial charge in [0.05, 0.1) is 43.6 Å². The highest BCUT2D eigenvalue weighted by Crippen LogP contribution is 2.41. The van der Waals surface area contributed by atoms with Crippen LogP contribution in [0.4, 0.5) is 19.0 Å². The van der Waals surface area contributed by atoms with Gasteiger partial charge in [0, 0.05) is 30.8 Å². The molecule has 0 aliphatic carbocycles. The van der Waals surface area contributed by atoms with Crippen molar-refractivity contribution in [1.82, 2.24) is 25.1 Å². The smallest absolute Gasteiger partial charge is 0.416 e. The van der Waals surface area contributed by atoms with Crippen molar-refractivity contribution < 1.29 is 27.4 Å². The number of hydrogen-bond acceptors (Lipinski definition) is 8. The Bertz CT molecular complexity index is 1710. The van der Waals surface area contributed by atoms with E-state index in [2.05, 4.69) is 26.6 Å². The molecule has 10 nitrogen and oxygen atoms in total. The standard InChI is InChI=1S/C30H28F3N7O3/c1-4-43-27-13-20(21-6-5-18(14-34)9-22(21)28-38-36-17-39(28)3)12-26(37-27)40-15-24-23(29(40)41)10-19(16-42-8-7-35-2)11-25(24)30(31,32)33/h5-6,9-13,17,35H,4,7-8,15-16H2,1-3H3. The fourth-order valence-electron chi connectivity index (χ4n) is 4.94. The zero-order valence-corrected chi connectivity index (χ0v) is 23.7. The lowest BCUT2D eigenvalue weighted by atomic mass is 9.97. The van der Waals surface area contributed by atoms with Crippen molar-refractivity contribution in [3.05, 3.63) is 76.6 Å². The molecule has 13 heteroatoms. The van der Waals surface area contributed by atoms with Gasteiger partial charge in [-0.05, 0) is 66.6 Å². The van der Waals surface area contributed by atoms with Crippen molar-refractivity contribution in [2.24, 2.45) is 7.05 Å². The largest absolute Gasteiger partial charge is 0.478 e. The highest BCUT2D eigenvalue weighted by molar-refractivity contribution is 6.10. The molecule has 0 saturated carbocycles. The molecule has 2 aromatic carbocycles. The monoisotopic (exact) mass is 591 g/mol. The predicted molar refractivity (Wildman–Crippen MR) is 151 cm³/mol. The van der Waals surface area contributed by atoms with Gasteiger partial charge in [-0.1, -0.05) is 6.07 Å². The molecule has 222 valence electrons. The number of anilines is 1. The lowest BCUT2D eigenvalue weighted by Gasteiger charge is -2.19. The third-order valence-electron chi connectivity index (χ3n) is 6.94. The van der Waals surface area contributed by atoms with Crippen molar-refractivity contribution in [1.29, 1.82) is 5.26 Å². The molecule has 3 heterocycles. The molecular formula is C30H28F3N7O3. The molecule has 0 unspecified atom stereocenters. The number of aromatic nitrogens is 4. The molecule has 4 aromatic rings. The average Bonchev–Trinajstić information content (AvgIpc) is 3.56. The first-order chi connectivity index (χ1) is 20.6. The normalized spacial score (nSPS) is 12.9. The van der Waals surface area contributed by atoms with E-state index in [1.807, 2.05) is 0 Å². The second-order valence-electron chi connectivity index (χ2n) is 9.84. The van der Waals surface area contributed by atoms with E-state index in [1.165, 1.54) is 17.3 Å². The first-order valence-corrected chi connectivity index (χ1v) is 13.5. The molecule has 5 rings (SSSR count). The molecular weight excluding hydrogens is 563 g/mol. The summed E-state index contributed by atoms with van der Waals surface area (Å²) in [5.74, 6) is 0.183. The Morgan fingerprint density at radius 1 is 1.12 bits per heavy atom. The number of benzene rings is 2. The number of fused-ring (bicyclic) bond motifs is 1. The molecule has 1 amide bonds. The Labute approximate surface area is 245 Å². The fourth-order valence-corrected chi connectivity index (χ4v) is 4.94. The number of amides is 1. The van der Waals surface area contributed by atoms with Crippen LogP contribution in [0.1, 0.15) is 39.5 Å². The van der Waals surface area contributed by atoms with Gasteiger partial charge >= 0.3 is 6.18 Å². The third-order valence-corrected chi connectivity index (χ3v) is 6.94. The molecule has 0 saturated heterocycles. The SMILES string of the molecule is CCOc1cc(-c2ccc(C#N)cc2-c2nncn2C)cc(N2Cc3c(cc(COCCNC)cc3C(F)(F)F)C2=O)n1. The Hall–Kier alpha value is -4.80. The molecule has 1 N–H and O–H groups in total. The minimum Gasteiger partial charge on any atom is -0.478 e. The fraction of sp³-hybridized carbons (Fsp3) is 0.300. The zero-order valence-electron chi connectivity index (χ0n) is 23.7. The molecule has 0 radical (unpaired) electrons.